The van der Waals surface area contributed by atoms with Gasteiger partial charge in [0.1, 0.15) is 5.75 Å². The molecule has 0 aliphatic carbocycles. The van der Waals surface area contributed by atoms with Crippen molar-refractivity contribution in [2.24, 2.45) is 5.41 Å². The molecule has 1 aromatic rings. The van der Waals surface area contributed by atoms with Gasteiger partial charge in [-0.15, -0.1) is 0 Å². The van der Waals surface area contributed by atoms with Gasteiger partial charge in [-0.3, -0.25) is 0 Å². The Morgan fingerprint density at radius 1 is 1.41 bits per heavy atom. The zero-order valence-corrected chi connectivity index (χ0v) is 11.2. The average molecular weight is 237 g/mol. The Labute approximate surface area is 104 Å². The molecule has 0 aromatic heterocycles. The summed E-state index contributed by atoms with van der Waals surface area (Å²) in [6.45, 7) is 7.17. The van der Waals surface area contributed by atoms with Gasteiger partial charge in [0.15, 0.2) is 0 Å². The molecule has 0 spiro atoms. The predicted octanol–water partition coefficient (Wildman–Crippen LogP) is 2.82. The average Bonchev–Trinajstić information content (AvgIpc) is 2.36. The highest BCUT2D eigenvalue weighted by Crippen LogP contribution is 2.24. The number of hydrogen-bond donors (Lipinski definition) is 2. The van der Waals surface area contributed by atoms with E-state index in [0.29, 0.717) is 0 Å². The summed E-state index contributed by atoms with van der Waals surface area (Å²) in [6.07, 6.45) is 0.950. The molecule has 0 fully saturated rings. The van der Waals surface area contributed by atoms with E-state index in [1.165, 1.54) is 0 Å². The first kappa shape index (κ1) is 13.8. The van der Waals surface area contributed by atoms with Crippen molar-refractivity contribution in [1.82, 2.24) is 0 Å². The number of methoxy groups -OCH3 is 1. The second-order valence-electron chi connectivity index (χ2n) is 4.86. The lowest BCUT2D eigenvalue weighted by Crippen LogP contribution is -2.29. The summed E-state index contributed by atoms with van der Waals surface area (Å²) < 4.78 is 5.22. The molecule has 0 radical (unpaired) electrons. The summed E-state index contributed by atoms with van der Waals surface area (Å²) in [6, 6.07) is 6.02. The second-order valence-corrected chi connectivity index (χ2v) is 4.86. The normalized spacial score (nSPS) is 14.2. The molecule has 96 valence electrons. The molecule has 3 heteroatoms. The van der Waals surface area contributed by atoms with E-state index in [4.69, 9.17) is 4.74 Å². The van der Waals surface area contributed by atoms with Crippen LogP contribution in [0.3, 0.4) is 0 Å². The quantitative estimate of drug-likeness (QED) is 0.799. The monoisotopic (exact) mass is 237 g/mol. The van der Waals surface area contributed by atoms with Crippen molar-refractivity contribution in [2.75, 3.05) is 25.6 Å². The van der Waals surface area contributed by atoms with Gasteiger partial charge in [-0.05, 0) is 37.1 Å². The third kappa shape index (κ3) is 3.63. The lowest BCUT2D eigenvalue weighted by molar-refractivity contribution is 0.149. The number of hydrogen-bond acceptors (Lipinski definition) is 3. The molecule has 0 bridgehead atoms. The molecule has 0 heterocycles. The summed E-state index contributed by atoms with van der Waals surface area (Å²) in [4.78, 5) is 0. The molecule has 17 heavy (non-hydrogen) atoms. The van der Waals surface area contributed by atoms with Crippen LogP contribution in [0.4, 0.5) is 5.69 Å². The van der Waals surface area contributed by atoms with Crippen LogP contribution >= 0.6 is 0 Å². The minimum absolute atomic E-state index is 0.0617. The fourth-order valence-electron chi connectivity index (χ4n) is 1.60. The third-order valence-electron chi connectivity index (χ3n) is 3.35. The van der Waals surface area contributed by atoms with E-state index in [-0.39, 0.29) is 12.0 Å². The Kier molecular flexibility index (Phi) is 4.82. The van der Waals surface area contributed by atoms with Crippen molar-refractivity contribution < 1.29 is 9.84 Å². The summed E-state index contributed by atoms with van der Waals surface area (Å²) in [5, 5.41) is 12.7. The van der Waals surface area contributed by atoms with E-state index in [0.717, 1.165) is 30.0 Å². The highest BCUT2D eigenvalue weighted by Gasteiger charge is 2.20. The molecule has 0 saturated heterocycles. The number of aliphatic hydroxyl groups excluding tert-OH is 1. The van der Waals surface area contributed by atoms with Crippen LogP contribution in [0, 0.1) is 12.3 Å². The number of anilines is 1. The smallest absolute Gasteiger partial charge is 0.121 e. The van der Waals surface area contributed by atoms with E-state index in [2.05, 4.69) is 25.2 Å². The molecule has 2 N–H and O–H groups in total. The third-order valence-corrected chi connectivity index (χ3v) is 3.35. The number of aliphatic hydroxyl groups is 1. The maximum atomic E-state index is 9.34. The molecule has 0 saturated carbocycles. The Morgan fingerprint density at radius 2 is 2.12 bits per heavy atom. The van der Waals surface area contributed by atoms with Crippen LogP contribution < -0.4 is 10.1 Å². The van der Waals surface area contributed by atoms with Crippen molar-refractivity contribution in [3.63, 3.8) is 0 Å². The van der Waals surface area contributed by atoms with Crippen LogP contribution in [0.2, 0.25) is 0 Å². The van der Waals surface area contributed by atoms with Crippen LogP contribution in [0.15, 0.2) is 18.2 Å². The fourth-order valence-corrected chi connectivity index (χ4v) is 1.60. The lowest BCUT2D eigenvalue weighted by atomic mass is 9.88. The molecule has 1 atom stereocenters. The van der Waals surface area contributed by atoms with Crippen LogP contribution in [-0.4, -0.2) is 25.4 Å². The molecule has 3 nitrogen and oxygen atoms in total. The lowest BCUT2D eigenvalue weighted by Gasteiger charge is -2.26. The minimum Gasteiger partial charge on any atom is -0.496 e. The Morgan fingerprint density at radius 3 is 2.59 bits per heavy atom. The SMILES string of the molecule is CCC(C)(CO)CNc1ccc(OC)c(C)c1. The molecule has 1 rings (SSSR count). The second kappa shape index (κ2) is 5.92. The summed E-state index contributed by atoms with van der Waals surface area (Å²) >= 11 is 0. The van der Waals surface area contributed by atoms with Gasteiger partial charge in [0.25, 0.3) is 0 Å². The van der Waals surface area contributed by atoms with Gasteiger partial charge in [0.05, 0.1) is 13.7 Å². The number of aryl methyl sites for hydroxylation is 1. The van der Waals surface area contributed by atoms with E-state index in [1.54, 1.807) is 7.11 Å². The summed E-state index contributed by atoms with van der Waals surface area (Å²) in [5.41, 5.74) is 2.12. The van der Waals surface area contributed by atoms with Gasteiger partial charge < -0.3 is 15.2 Å². The van der Waals surface area contributed by atoms with Crippen molar-refractivity contribution in [1.29, 1.82) is 0 Å². The Balaban J connectivity index is 2.67. The molecule has 1 aromatic carbocycles. The summed E-state index contributed by atoms with van der Waals surface area (Å²) in [7, 11) is 1.68. The first-order valence-corrected chi connectivity index (χ1v) is 6.04. The van der Waals surface area contributed by atoms with Crippen LogP contribution in [0.5, 0.6) is 5.75 Å². The maximum Gasteiger partial charge on any atom is 0.121 e. The number of ether oxygens (including phenoxy) is 1. The van der Waals surface area contributed by atoms with E-state index in [9.17, 15) is 5.11 Å². The Hall–Kier alpha value is -1.22. The minimum atomic E-state index is -0.0617. The number of benzene rings is 1. The standard InChI is InChI=1S/C14H23NO2/c1-5-14(3,10-16)9-15-12-6-7-13(17-4)11(2)8-12/h6-8,15-16H,5,9-10H2,1-4H3. The van der Waals surface area contributed by atoms with Gasteiger partial charge >= 0.3 is 0 Å². The van der Waals surface area contributed by atoms with Gasteiger partial charge in [0.2, 0.25) is 0 Å². The molecule has 0 aliphatic rings. The zero-order chi connectivity index (χ0) is 12.9. The van der Waals surface area contributed by atoms with E-state index >= 15 is 0 Å². The summed E-state index contributed by atoms with van der Waals surface area (Å²) in [5.74, 6) is 0.899. The van der Waals surface area contributed by atoms with Crippen molar-refractivity contribution in [3.8, 4) is 5.75 Å². The largest absolute Gasteiger partial charge is 0.496 e. The molecular weight excluding hydrogens is 214 g/mol. The van der Waals surface area contributed by atoms with Crippen LogP contribution in [-0.2, 0) is 0 Å². The number of nitrogens with one attached hydrogen (secondary N) is 1. The van der Waals surface area contributed by atoms with Crippen LogP contribution in [0.25, 0.3) is 0 Å². The molecule has 0 aliphatic heterocycles. The van der Waals surface area contributed by atoms with Crippen molar-refractivity contribution in [2.45, 2.75) is 27.2 Å². The Bertz CT molecular complexity index is 359. The first-order valence-electron chi connectivity index (χ1n) is 6.04. The highest BCUT2D eigenvalue weighted by atomic mass is 16.5. The van der Waals surface area contributed by atoms with Gasteiger partial charge in [-0.25, -0.2) is 0 Å². The van der Waals surface area contributed by atoms with E-state index < -0.39 is 0 Å². The molecule has 1 unspecified atom stereocenters. The maximum absolute atomic E-state index is 9.34. The fraction of sp³-hybridized carbons (Fsp3) is 0.571. The first-order chi connectivity index (χ1) is 8.04. The zero-order valence-electron chi connectivity index (χ0n) is 11.2. The van der Waals surface area contributed by atoms with Gasteiger partial charge in [-0.1, -0.05) is 13.8 Å². The predicted molar refractivity (Wildman–Crippen MR) is 71.7 cm³/mol. The highest BCUT2D eigenvalue weighted by molar-refractivity contribution is 5.50. The molecular formula is C14H23NO2. The van der Waals surface area contributed by atoms with Crippen molar-refractivity contribution >= 4 is 5.69 Å². The van der Waals surface area contributed by atoms with Crippen LogP contribution in [0.1, 0.15) is 25.8 Å². The topological polar surface area (TPSA) is 41.5 Å². The number of rotatable bonds is 6. The molecule has 0 amide bonds. The van der Waals surface area contributed by atoms with Gasteiger partial charge in [0, 0.05) is 17.6 Å². The van der Waals surface area contributed by atoms with Crippen molar-refractivity contribution in [3.05, 3.63) is 23.8 Å². The van der Waals surface area contributed by atoms with Gasteiger partial charge in [-0.2, -0.15) is 0 Å². The van der Waals surface area contributed by atoms with E-state index in [1.807, 2.05) is 19.1 Å².